The summed E-state index contributed by atoms with van der Waals surface area (Å²) in [4.78, 5) is 23.9. The van der Waals surface area contributed by atoms with Crippen LogP contribution < -0.4 is 24.3 Å². The third kappa shape index (κ3) is 10.7. The molecule has 6 rings (SSSR count). The number of allylic oxidation sites excluding steroid dienone is 1. The molecule has 3 aliphatic rings. The lowest BCUT2D eigenvalue weighted by molar-refractivity contribution is -0.223. The Bertz CT molecular complexity index is 1970. The number of aromatic nitrogens is 1. The first-order valence-corrected chi connectivity index (χ1v) is 22.1. The molecule has 2 aliphatic carbocycles. The molecule has 1 saturated carbocycles. The van der Waals surface area contributed by atoms with Crippen molar-refractivity contribution in [2.75, 3.05) is 45.1 Å². The van der Waals surface area contributed by atoms with Crippen molar-refractivity contribution in [1.82, 2.24) is 4.98 Å². The second kappa shape index (κ2) is 20.8. The molecule has 2 aromatic carbocycles. The number of carbonyl (C=O) groups excluding carboxylic acids is 1. The third-order valence-electron chi connectivity index (χ3n) is 11.4. The van der Waals surface area contributed by atoms with Crippen LogP contribution in [0, 0.1) is 17.8 Å². The Kier molecular flexibility index (Phi) is 15.6. The highest BCUT2D eigenvalue weighted by atomic mass is 32.2. The molecule has 12 nitrogen and oxygen atoms in total. The molecule has 3 N–H and O–H groups in total. The summed E-state index contributed by atoms with van der Waals surface area (Å²) in [6.45, 7) is 10.5. The molecule has 6 atom stereocenters. The number of ether oxygens (including phenoxy) is 5. The van der Waals surface area contributed by atoms with E-state index in [1.807, 2.05) is 69.2 Å². The molecule has 1 aliphatic heterocycles. The van der Waals surface area contributed by atoms with Crippen LogP contribution in [0.25, 0.3) is 0 Å². The number of oxime groups is 1. The number of carbonyl (C=O) groups is 1. The second-order valence-corrected chi connectivity index (χ2v) is 17.8. The van der Waals surface area contributed by atoms with E-state index in [1.54, 1.807) is 37.5 Å². The number of hydrogen-bond acceptors (Lipinski definition) is 12. The lowest BCUT2D eigenvalue weighted by Gasteiger charge is -2.58. The Hall–Kier alpha value is -4.56. The van der Waals surface area contributed by atoms with Crippen molar-refractivity contribution in [2.24, 2.45) is 22.9 Å². The molecule has 60 heavy (non-hydrogen) atoms. The number of unbranched alkanes of at least 4 members (excludes halogenated alkanes) is 2. The van der Waals surface area contributed by atoms with E-state index in [0.29, 0.717) is 47.9 Å². The van der Waals surface area contributed by atoms with E-state index in [1.165, 1.54) is 12.7 Å². The molecule has 1 fully saturated rings. The number of nitrogens with one attached hydrogen (secondary N) is 1. The van der Waals surface area contributed by atoms with Crippen molar-refractivity contribution in [1.29, 1.82) is 0 Å². The molecule has 2 heterocycles. The minimum atomic E-state index is -1.11. The summed E-state index contributed by atoms with van der Waals surface area (Å²) in [7, 11) is 3.09. The molecule has 1 amide bonds. The van der Waals surface area contributed by atoms with Gasteiger partial charge < -0.3 is 38.7 Å². The van der Waals surface area contributed by atoms with Gasteiger partial charge in [0.1, 0.15) is 28.6 Å². The summed E-state index contributed by atoms with van der Waals surface area (Å²) in [5.41, 5.74) is 3.92. The zero-order valence-electron chi connectivity index (χ0n) is 35.6. The van der Waals surface area contributed by atoms with Crippen LogP contribution in [-0.2, 0) is 16.0 Å². The van der Waals surface area contributed by atoms with Gasteiger partial charge in [0.15, 0.2) is 0 Å². The molecule has 13 heteroatoms. The van der Waals surface area contributed by atoms with Gasteiger partial charge in [0.25, 0.3) is 0 Å². The predicted octanol–water partition coefficient (Wildman–Crippen LogP) is 9.12. The Labute approximate surface area is 358 Å². The monoisotopic (exact) mass is 843 g/mol. The molecule has 324 valence electrons. The van der Waals surface area contributed by atoms with Gasteiger partial charge in [-0.25, -0.2) is 4.79 Å². The Morgan fingerprint density at radius 2 is 1.77 bits per heavy atom. The third-order valence-corrected chi connectivity index (χ3v) is 12.7. The number of benzene rings is 2. The Morgan fingerprint density at radius 1 is 1.02 bits per heavy atom. The van der Waals surface area contributed by atoms with E-state index in [-0.39, 0.29) is 48.7 Å². The van der Waals surface area contributed by atoms with Gasteiger partial charge in [0.05, 0.1) is 43.4 Å². The fourth-order valence-corrected chi connectivity index (χ4v) is 10.2. The van der Waals surface area contributed by atoms with Crippen molar-refractivity contribution < 1.29 is 43.5 Å². The normalized spacial score (nSPS) is 23.7. The minimum absolute atomic E-state index is 0.0938. The van der Waals surface area contributed by atoms with Gasteiger partial charge in [-0.1, -0.05) is 30.1 Å². The van der Waals surface area contributed by atoms with Gasteiger partial charge in [-0.2, -0.15) is 11.8 Å². The number of pyridine rings is 1. The zero-order chi connectivity index (χ0) is 42.7. The van der Waals surface area contributed by atoms with E-state index in [4.69, 9.17) is 33.7 Å². The maximum Gasteiger partial charge on any atom is 0.417 e. The highest BCUT2D eigenvalue weighted by Gasteiger charge is 2.64. The molecule has 0 bridgehead atoms. The van der Waals surface area contributed by atoms with Crippen LogP contribution >= 0.6 is 11.8 Å². The smallest absolute Gasteiger partial charge is 0.417 e. The number of anilines is 1. The lowest BCUT2D eigenvalue weighted by atomic mass is 9.56. The average molecular weight is 844 g/mol. The van der Waals surface area contributed by atoms with Crippen LogP contribution in [0.4, 0.5) is 10.5 Å². The van der Waals surface area contributed by atoms with Crippen LogP contribution in [-0.4, -0.2) is 83.4 Å². The number of rotatable bonds is 20. The van der Waals surface area contributed by atoms with Crippen LogP contribution in [0.5, 0.6) is 23.0 Å². The first-order chi connectivity index (χ1) is 29.0. The van der Waals surface area contributed by atoms with Crippen LogP contribution in [0.3, 0.4) is 0 Å². The quantitative estimate of drug-likeness (QED) is 0.0568. The van der Waals surface area contributed by atoms with E-state index in [0.717, 1.165) is 54.7 Å². The number of aliphatic hydroxyl groups excluding tert-OH is 2. The number of hydrogen-bond donors (Lipinski definition) is 3. The van der Waals surface area contributed by atoms with Gasteiger partial charge in [-0.15, -0.1) is 6.58 Å². The minimum Gasteiger partial charge on any atom is -0.497 e. The maximum atomic E-state index is 13.5. The van der Waals surface area contributed by atoms with Crippen molar-refractivity contribution in [3.8, 4) is 23.0 Å². The Morgan fingerprint density at radius 3 is 2.47 bits per heavy atom. The summed E-state index contributed by atoms with van der Waals surface area (Å²) >= 11 is 1.81. The Balaban J connectivity index is 1.47. The van der Waals surface area contributed by atoms with Crippen LogP contribution in [0.15, 0.2) is 90.4 Å². The number of nitrogens with zero attached hydrogens (tertiary/aromatic N) is 2. The zero-order valence-corrected chi connectivity index (χ0v) is 36.4. The molecular weight excluding hydrogens is 783 g/mol. The number of methoxy groups -OCH3 is 2. The molecule has 0 radical (unpaired) electrons. The highest BCUT2D eigenvalue weighted by Crippen LogP contribution is 2.62. The van der Waals surface area contributed by atoms with Crippen LogP contribution in [0.2, 0.25) is 0 Å². The largest absolute Gasteiger partial charge is 0.497 e. The number of aryl methyl sites for hydroxylation is 1. The first-order valence-electron chi connectivity index (χ1n) is 21.0. The maximum absolute atomic E-state index is 13.5. The van der Waals surface area contributed by atoms with Crippen molar-refractivity contribution >= 4 is 29.3 Å². The number of amides is 1. The molecule has 0 spiro atoms. The molecule has 3 aromatic rings. The average Bonchev–Trinajstić information content (AvgIpc) is 3.24. The van der Waals surface area contributed by atoms with Gasteiger partial charge in [0, 0.05) is 49.6 Å². The number of fused-ring (bicyclic) bond motifs is 2. The number of aliphatic hydroxyl groups is 2. The number of thioether (sulfide) groups is 1. The molecule has 0 saturated heterocycles. The summed E-state index contributed by atoms with van der Waals surface area (Å²) in [6, 6.07) is 14.8. The summed E-state index contributed by atoms with van der Waals surface area (Å²) in [5.74, 6) is 1.46. The summed E-state index contributed by atoms with van der Waals surface area (Å²) < 4.78 is 31.1. The lowest BCUT2D eigenvalue weighted by Crippen LogP contribution is -2.64. The highest BCUT2D eigenvalue weighted by molar-refractivity contribution is 8.00. The van der Waals surface area contributed by atoms with Crippen molar-refractivity contribution in [3.63, 3.8) is 0 Å². The fourth-order valence-electron chi connectivity index (χ4n) is 8.74. The molecular formula is C47H61N3O9S. The second-order valence-electron chi connectivity index (χ2n) is 16.5. The first kappa shape index (κ1) is 45.0. The van der Waals surface area contributed by atoms with E-state index in [2.05, 4.69) is 23.0 Å². The summed E-state index contributed by atoms with van der Waals surface area (Å²) in [6.07, 6.45) is 13.2. The van der Waals surface area contributed by atoms with Crippen molar-refractivity contribution in [2.45, 2.75) is 94.7 Å². The van der Waals surface area contributed by atoms with Gasteiger partial charge in [-0.3, -0.25) is 10.3 Å². The van der Waals surface area contributed by atoms with E-state index in [9.17, 15) is 15.0 Å². The molecule has 6 unspecified atom stereocenters. The van der Waals surface area contributed by atoms with E-state index < -0.39 is 17.5 Å². The van der Waals surface area contributed by atoms with Crippen molar-refractivity contribution in [3.05, 3.63) is 96.4 Å². The topological polar surface area (TPSA) is 150 Å². The van der Waals surface area contributed by atoms with Gasteiger partial charge in [0.2, 0.25) is 5.79 Å². The standard InChI is InChI=1S/C47H61N3O9S/c1-7-25-56-47-42(60-26-20-31-18-21-48-22-19-31)30-39(50-59-46(2,3)4)36-27-32(12-8-10-23-51)35(13-9-11-24-52)43(44(36)47)37-28-34(15-17-40(37)58-47)57-45(53)49-38-16-14-33(54-5)29-41(38)55-6/h7,14-19,21-22,27-29,32,35,42-44,51-52H,1,8-13,20,23-26,30H2,2-6H3,(H,49,53). The SMILES string of the molecule is C=CCOC12Oc3ccc(OC(=O)Nc4ccc(OC)cc4OC)cc3C3C(CCCCO)C(CCCCO)C=C(C(=NOC(C)(C)C)CC1SCCc1ccncc1)C32. The van der Waals surface area contributed by atoms with Gasteiger partial charge in [-0.05, 0) is 124 Å². The van der Waals surface area contributed by atoms with E-state index >= 15 is 0 Å². The molecule has 1 aromatic heterocycles. The summed E-state index contributed by atoms with van der Waals surface area (Å²) in [5, 5.41) is 27.3. The predicted molar refractivity (Wildman–Crippen MR) is 235 cm³/mol. The van der Waals surface area contributed by atoms with Crippen LogP contribution in [0.1, 0.15) is 82.8 Å². The van der Waals surface area contributed by atoms with Gasteiger partial charge >= 0.3 is 6.09 Å². The fraction of sp³-hybridized carbons (Fsp3) is 0.511.